The highest BCUT2D eigenvalue weighted by atomic mass is 16.2. The Hall–Kier alpha value is -3.28. The molecule has 2 aromatic rings. The van der Waals surface area contributed by atoms with E-state index >= 15 is 0 Å². The lowest BCUT2D eigenvalue weighted by Gasteiger charge is -2.37. The van der Waals surface area contributed by atoms with Crippen molar-refractivity contribution < 1.29 is 19.2 Å². The quantitative estimate of drug-likeness (QED) is 0.454. The van der Waals surface area contributed by atoms with Gasteiger partial charge in [0, 0.05) is 5.41 Å². The maximum atomic E-state index is 13.2. The monoisotopic (exact) mass is 418 g/mol. The third-order valence-electron chi connectivity index (χ3n) is 7.76. The van der Waals surface area contributed by atoms with Crippen LogP contribution in [0.1, 0.15) is 50.7 Å². The normalized spacial score (nSPS) is 26.2. The fourth-order valence-electron chi connectivity index (χ4n) is 5.36. The molecule has 6 nitrogen and oxygen atoms in total. The summed E-state index contributed by atoms with van der Waals surface area (Å²) in [5.74, 6) is -2.82. The summed E-state index contributed by atoms with van der Waals surface area (Å²) in [5.41, 5.74) is 3.40. The summed E-state index contributed by atoms with van der Waals surface area (Å²) in [6.45, 7) is 5.34. The van der Waals surface area contributed by atoms with Gasteiger partial charge >= 0.3 is 0 Å². The predicted molar refractivity (Wildman–Crippen MR) is 115 cm³/mol. The van der Waals surface area contributed by atoms with Gasteiger partial charge in [-0.1, -0.05) is 81.4 Å². The summed E-state index contributed by atoms with van der Waals surface area (Å²) in [6.07, 6.45) is 0.770. The molecule has 0 aliphatic heterocycles. The minimum Gasteiger partial charge on any atom is -0.290 e. The van der Waals surface area contributed by atoms with Gasteiger partial charge in [0.2, 0.25) is 17.5 Å². The molecular weight excluding hydrogens is 392 g/mol. The molecule has 2 saturated carbocycles. The van der Waals surface area contributed by atoms with Gasteiger partial charge in [-0.3, -0.25) is 30.0 Å². The average molecular weight is 418 g/mol. The summed E-state index contributed by atoms with van der Waals surface area (Å²) in [4.78, 5) is 51.9. The van der Waals surface area contributed by atoms with Crippen LogP contribution in [0, 0.1) is 16.2 Å². The summed E-state index contributed by atoms with van der Waals surface area (Å²) in [5, 5.41) is 0. The Labute approximate surface area is 181 Å². The van der Waals surface area contributed by atoms with Crippen LogP contribution >= 0.6 is 0 Å². The number of Topliss-reactive ketones (excluding diaryl/α,β-unsaturated/α-hetero) is 2. The van der Waals surface area contributed by atoms with Crippen molar-refractivity contribution in [3.05, 3.63) is 71.8 Å². The van der Waals surface area contributed by atoms with Crippen LogP contribution in [0.3, 0.4) is 0 Å². The maximum absolute atomic E-state index is 13.2. The fraction of sp³-hybridized carbons (Fsp3) is 0.360. The molecule has 0 heterocycles. The van der Waals surface area contributed by atoms with E-state index in [9.17, 15) is 19.2 Å². The molecule has 0 saturated heterocycles. The number of nitrogens with one attached hydrogen (secondary N) is 2. The number of rotatable bonds is 4. The summed E-state index contributed by atoms with van der Waals surface area (Å²) < 4.78 is 0. The van der Waals surface area contributed by atoms with Gasteiger partial charge in [0.15, 0.2) is 0 Å². The summed E-state index contributed by atoms with van der Waals surface area (Å²) >= 11 is 0. The Kier molecular flexibility index (Phi) is 4.84. The zero-order valence-corrected chi connectivity index (χ0v) is 17.9. The second-order valence-corrected chi connectivity index (χ2v) is 9.22. The molecule has 2 fully saturated rings. The molecule has 2 aromatic carbocycles. The molecule has 0 spiro atoms. The number of benzene rings is 2. The van der Waals surface area contributed by atoms with Gasteiger partial charge in [-0.05, 0) is 29.4 Å². The largest absolute Gasteiger partial charge is 0.290 e. The van der Waals surface area contributed by atoms with Crippen LogP contribution in [0.5, 0.6) is 0 Å². The Morgan fingerprint density at radius 3 is 1.74 bits per heavy atom. The van der Waals surface area contributed by atoms with E-state index in [2.05, 4.69) is 10.9 Å². The minimum absolute atomic E-state index is 0.295. The van der Waals surface area contributed by atoms with Crippen molar-refractivity contribution in [2.75, 3.05) is 0 Å². The van der Waals surface area contributed by atoms with Gasteiger partial charge in [-0.15, -0.1) is 0 Å². The van der Waals surface area contributed by atoms with Crippen LogP contribution in [0.15, 0.2) is 60.7 Å². The fourth-order valence-corrected chi connectivity index (χ4v) is 5.36. The van der Waals surface area contributed by atoms with Crippen LogP contribution in [0.2, 0.25) is 0 Å². The average Bonchev–Trinajstić information content (AvgIpc) is 3.05. The first-order valence-electron chi connectivity index (χ1n) is 10.5. The van der Waals surface area contributed by atoms with Crippen LogP contribution in [0.25, 0.3) is 0 Å². The van der Waals surface area contributed by atoms with Gasteiger partial charge in [0.05, 0.1) is 5.92 Å². The molecule has 0 radical (unpaired) electrons. The van der Waals surface area contributed by atoms with Crippen molar-refractivity contribution >= 4 is 23.4 Å². The summed E-state index contributed by atoms with van der Waals surface area (Å²) in [6, 6.07) is 18.5. The number of fused-ring (bicyclic) bond motifs is 2. The van der Waals surface area contributed by atoms with E-state index in [1.807, 2.05) is 60.7 Å². The molecule has 160 valence electrons. The molecule has 2 N–H and O–H groups in total. The van der Waals surface area contributed by atoms with Crippen molar-refractivity contribution in [3.63, 3.8) is 0 Å². The smallest absolute Gasteiger partial charge is 0.253 e. The van der Waals surface area contributed by atoms with Crippen LogP contribution in [-0.2, 0) is 19.2 Å². The zero-order valence-electron chi connectivity index (χ0n) is 17.9. The molecule has 2 bridgehead atoms. The number of hydrogen-bond acceptors (Lipinski definition) is 4. The molecule has 0 aromatic heterocycles. The van der Waals surface area contributed by atoms with Crippen molar-refractivity contribution in [3.8, 4) is 0 Å². The highest BCUT2D eigenvalue weighted by Gasteiger charge is 2.77. The third kappa shape index (κ3) is 2.77. The molecule has 2 atom stereocenters. The van der Waals surface area contributed by atoms with Gasteiger partial charge in [0.25, 0.3) is 5.91 Å². The molecule has 6 heteroatoms. The third-order valence-corrected chi connectivity index (χ3v) is 7.76. The molecule has 2 aliphatic carbocycles. The predicted octanol–water partition coefficient (Wildman–Crippen LogP) is 2.93. The first-order chi connectivity index (χ1) is 14.7. The van der Waals surface area contributed by atoms with E-state index in [4.69, 9.17) is 0 Å². The number of hydrazine groups is 1. The SMILES string of the molecule is CC12CCC(C(=O)NNC(=O)C(c3ccccc3)c3ccccc3)(C(=O)C1=O)C2(C)C. The second-order valence-electron chi connectivity index (χ2n) is 9.22. The van der Waals surface area contributed by atoms with E-state index in [0.717, 1.165) is 11.1 Å². The lowest BCUT2D eigenvalue weighted by molar-refractivity contribution is -0.150. The molecule has 31 heavy (non-hydrogen) atoms. The maximum Gasteiger partial charge on any atom is 0.253 e. The first-order valence-corrected chi connectivity index (χ1v) is 10.5. The number of ketones is 2. The summed E-state index contributed by atoms with van der Waals surface area (Å²) in [7, 11) is 0. The molecule has 2 amide bonds. The standard InChI is InChI=1S/C25H26N2O4/c1-23(2)24(3)14-15-25(23,20(29)19(24)28)22(31)27-26-21(30)18(16-10-6-4-7-11-16)17-12-8-5-9-13-17/h4-13,18H,14-15H2,1-3H3,(H,26,30)(H,27,31). The lowest BCUT2D eigenvalue weighted by atomic mass is 9.64. The van der Waals surface area contributed by atoms with Crippen LogP contribution < -0.4 is 10.9 Å². The van der Waals surface area contributed by atoms with Crippen molar-refractivity contribution in [1.82, 2.24) is 10.9 Å². The van der Waals surface area contributed by atoms with E-state index in [0.29, 0.717) is 12.8 Å². The number of carbonyl (C=O) groups excluding carboxylic acids is 4. The second kappa shape index (κ2) is 7.15. The van der Waals surface area contributed by atoms with Crippen LogP contribution in [0.4, 0.5) is 0 Å². The highest BCUT2D eigenvalue weighted by molar-refractivity contribution is 6.48. The van der Waals surface area contributed by atoms with E-state index in [1.165, 1.54) is 0 Å². The Bertz CT molecular complexity index is 1020. The minimum atomic E-state index is -1.46. The van der Waals surface area contributed by atoms with Gasteiger partial charge in [0.1, 0.15) is 5.41 Å². The zero-order chi connectivity index (χ0) is 22.4. The first kappa shape index (κ1) is 21.0. The lowest BCUT2D eigenvalue weighted by Crippen LogP contribution is -2.56. The van der Waals surface area contributed by atoms with Gasteiger partial charge < -0.3 is 0 Å². The van der Waals surface area contributed by atoms with Crippen molar-refractivity contribution in [2.24, 2.45) is 16.2 Å². The number of carbonyl (C=O) groups is 4. The van der Waals surface area contributed by atoms with Gasteiger partial charge in [-0.2, -0.15) is 0 Å². The Balaban J connectivity index is 1.58. The highest BCUT2D eigenvalue weighted by Crippen LogP contribution is 2.68. The molecule has 2 aliphatic rings. The van der Waals surface area contributed by atoms with E-state index in [-0.39, 0.29) is 0 Å². The molecule has 2 unspecified atom stereocenters. The van der Waals surface area contributed by atoms with Crippen molar-refractivity contribution in [2.45, 2.75) is 39.5 Å². The van der Waals surface area contributed by atoms with E-state index < -0.39 is 45.5 Å². The van der Waals surface area contributed by atoms with Gasteiger partial charge in [-0.25, -0.2) is 0 Å². The number of amides is 2. The topological polar surface area (TPSA) is 92.3 Å². The molecular formula is C25H26N2O4. The van der Waals surface area contributed by atoms with Crippen molar-refractivity contribution in [1.29, 1.82) is 0 Å². The Morgan fingerprint density at radius 2 is 1.29 bits per heavy atom. The van der Waals surface area contributed by atoms with Crippen LogP contribution in [-0.4, -0.2) is 23.4 Å². The van der Waals surface area contributed by atoms with E-state index in [1.54, 1.807) is 20.8 Å². The molecule has 4 rings (SSSR count). The Morgan fingerprint density at radius 1 is 0.774 bits per heavy atom. The number of hydrogen-bond donors (Lipinski definition) is 2.